The minimum absolute atomic E-state index is 0.106. The van der Waals surface area contributed by atoms with Gasteiger partial charge >= 0.3 is 0 Å². The van der Waals surface area contributed by atoms with Crippen molar-refractivity contribution >= 4 is 11.5 Å². The molecule has 0 aliphatic heterocycles. The zero-order chi connectivity index (χ0) is 12.3. The van der Waals surface area contributed by atoms with Crippen molar-refractivity contribution in [2.75, 3.05) is 17.7 Å². The summed E-state index contributed by atoms with van der Waals surface area (Å²) in [7, 11) is 0. The van der Waals surface area contributed by atoms with E-state index >= 15 is 0 Å². The first-order valence-electron chi connectivity index (χ1n) is 5.93. The van der Waals surface area contributed by atoms with Crippen LogP contribution in [-0.4, -0.2) is 27.7 Å². The number of nitrogens with two attached hydrogens (primary N) is 1. The maximum Gasteiger partial charge on any atom is 0.276 e. The Hall–Kier alpha value is -1.56. The Morgan fingerprint density at radius 1 is 1.53 bits per heavy atom. The number of hydrogen-bond acceptors (Lipinski definition) is 5. The number of nitrogens with one attached hydrogen (secondary N) is 2. The van der Waals surface area contributed by atoms with Gasteiger partial charge in [-0.15, -0.1) is 0 Å². The van der Waals surface area contributed by atoms with Crippen molar-refractivity contribution in [3.63, 3.8) is 0 Å². The first kappa shape index (κ1) is 11.9. The van der Waals surface area contributed by atoms with Gasteiger partial charge in [0, 0.05) is 18.6 Å². The van der Waals surface area contributed by atoms with Gasteiger partial charge in [0.05, 0.1) is 6.33 Å². The third kappa shape index (κ3) is 2.58. The molecule has 1 aliphatic carbocycles. The van der Waals surface area contributed by atoms with Crippen LogP contribution in [0, 0.1) is 5.92 Å². The molecule has 0 spiro atoms. The fourth-order valence-corrected chi connectivity index (χ4v) is 2.32. The van der Waals surface area contributed by atoms with Gasteiger partial charge in [-0.25, -0.2) is 4.98 Å². The number of nitrogen functional groups attached to an aromatic ring is 1. The van der Waals surface area contributed by atoms with E-state index in [2.05, 4.69) is 15.3 Å². The minimum atomic E-state index is -0.334. The van der Waals surface area contributed by atoms with Gasteiger partial charge in [-0.2, -0.15) is 0 Å². The zero-order valence-corrected chi connectivity index (χ0v) is 9.65. The fraction of sp³-hybridized carbons (Fsp3) is 0.636. The molecule has 2 rings (SSSR count). The van der Waals surface area contributed by atoms with Crippen LogP contribution in [0.15, 0.2) is 11.1 Å². The van der Waals surface area contributed by atoms with Crippen molar-refractivity contribution in [2.24, 2.45) is 5.92 Å². The predicted molar refractivity (Wildman–Crippen MR) is 65.7 cm³/mol. The normalized spacial score (nSPS) is 24.5. The molecule has 0 aromatic carbocycles. The van der Waals surface area contributed by atoms with Crippen molar-refractivity contribution in [1.82, 2.24) is 9.97 Å². The van der Waals surface area contributed by atoms with E-state index in [9.17, 15) is 9.90 Å². The number of H-pyrrole nitrogens is 1. The van der Waals surface area contributed by atoms with E-state index in [1.54, 1.807) is 0 Å². The van der Waals surface area contributed by atoms with Crippen LogP contribution in [0.2, 0.25) is 0 Å². The van der Waals surface area contributed by atoms with E-state index in [4.69, 9.17) is 5.73 Å². The first-order valence-corrected chi connectivity index (χ1v) is 5.93. The molecule has 6 nitrogen and oxygen atoms in total. The molecule has 0 saturated heterocycles. The summed E-state index contributed by atoms with van der Waals surface area (Å²) < 4.78 is 0. The Balaban J connectivity index is 2.13. The molecular formula is C11H18N4O2. The molecule has 5 N–H and O–H groups in total. The number of nitrogens with zero attached hydrogens (tertiary/aromatic N) is 1. The molecule has 1 aliphatic rings. The van der Waals surface area contributed by atoms with Crippen LogP contribution < -0.4 is 16.6 Å². The molecule has 2 atom stereocenters. The number of rotatable bonds is 3. The monoisotopic (exact) mass is 238 g/mol. The third-order valence-corrected chi connectivity index (χ3v) is 3.35. The molecule has 94 valence electrons. The smallest absolute Gasteiger partial charge is 0.276 e. The summed E-state index contributed by atoms with van der Waals surface area (Å²) in [6.45, 7) is 0.154. The summed E-state index contributed by atoms with van der Waals surface area (Å²) in [5.74, 6) is 0.628. The zero-order valence-electron chi connectivity index (χ0n) is 9.65. The maximum absolute atomic E-state index is 11.3. The number of anilines is 2. The Morgan fingerprint density at radius 3 is 3.06 bits per heavy atom. The number of aromatic nitrogens is 2. The molecule has 17 heavy (non-hydrogen) atoms. The Bertz CT molecular complexity index is 432. The summed E-state index contributed by atoms with van der Waals surface area (Å²) in [5, 5.41) is 12.5. The average molecular weight is 238 g/mol. The third-order valence-electron chi connectivity index (χ3n) is 3.35. The number of aromatic amines is 1. The highest BCUT2D eigenvalue weighted by Gasteiger charge is 2.25. The Labute approximate surface area is 99.3 Å². The molecule has 1 aromatic heterocycles. The molecule has 0 amide bonds. The summed E-state index contributed by atoms with van der Waals surface area (Å²) in [6.07, 6.45) is 5.56. The minimum Gasteiger partial charge on any atom is -0.396 e. The van der Waals surface area contributed by atoms with E-state index in [-0.39, 0.29) is 29.8 Å². The summed E-state index contributed by atoms with van der Waals surface area (Å²) in [5.41, 5.74) is 5.43. The van der Waals surface area contributed by atoms with Gasteiger partial charge in [-0.05, 0) is 12.8 Å². The van der Waals surface area contributed by atoms with Crippen molar-refractivity contribution in [3.05, 3.63) is 16.7 Å². The molecule has 0 bridgehead atoms. The summed E-state index contributed by atoms with van der Waals surface area (Å²) >= 11 is 0. The standard InChI is InChI=1S/C11H18N4O2/c12-9-10(13-6-14-11(9)17)15-8-4-2-1-3-7(8)5-16/h6-8,16H,1-5,12H2,(H2,13,14,15,17). The predicted octanol–water partition coefficient (Wildman–Crippen LogP) is 0.315. The quantitative estimate of drug-likeness (QED) is 0.607. The number of hydrogen-bond donors (Lipinski definition) is 4. The highest BCUT2D eigenvalue weighted by Crippen LogP contribution is 2.27. The van der Waals surface area contributed by atoms with E-state index in [0.717, 1.165) is 25.7 Å². The number of aliphatic hydroxyl groups is 1. The molecule has 6 heteroatoms. The largest absolute Gasteiger partial charge is 0.396 e. The molecule has 1 heterocycles. The van der Waals surface area contributed by atoms with Gasteiger partial charge in [0.25, 0.3) is 5.56 Å². The molecule has 1 fully saturated rings. The molecule has 0 radical (unpaired) electrons. The van der Waals surface area contributed by atoms with Crippen LogP contribution in [0.5, 0.6) is 0 Å². The summed E-state index contributed by atoms with van der Waals surface area (Å²) in [4.78, 5) is 17.8. The van der Waals surface area contributed by atoms with Gasteiger partial charge in [-0.1, -0.05) is 12.8 Å². The van der Waals surface area contributed by atoms with Gasteiger partial charge in [-0.3, -0.25) is 4.79 Å². The van der Waals surface area contributed by atoms with Crippen LogP contribution in [0.3, 0.4) is 0 Å². The lowest BCUT2D eigenvalue weighted by Crippen LogP contribution is -2.35. The van der Waals surface area contributed by atoms with Crippen LogP contribution in [0.4, 0.5) is 11.5 Å². The first-order chi connectivity index (χ1) is 8.22. The second-order valence-electron chi connectivity index (χ2n) is 4.47. The van der Waals surface area contributed by atoms with E-state index < -0.39 is 0 Å². The van der Waals surface area contributed by atoms with Crippen LogP contribution in [0.25, 0.3) is 0 Å². The van der Waals surface area contributed by atoms with Crippen LogP contribution in [-0.2, 0) is 0 Å². The van der Waals surface area contributed by atoms with E-state index in [1.807, 2.05) is 0 Å². The molecule has 1 saturated carbocycles. The molecular weight excluding hydrogens is 220 g/mol. The topological polar surface area (TPSA) is 104 Å². The fourth-order valence-electron chi connectivity index (χ4n) is 2.32. The van der Waals surface area contributed by atoms with Gasteiger partial charge < -0.3 is 21.1 Å². The van der Waals surface area contributed by atoms with E-state index in [1.165, 1.54) is 6.33 Å². The molecule has 1 aromatic rings. The maximum atomic E-state index is 11.3. The lowest BCUT2D eigenvalue weighted by Gasteiger charge is -2.31. The summed E-state index contributed by atoms with van der Waals surface area (Å²) in [6, 6.07) is 0.144. The number of aliphatic hydroxyl groups excluding tert-OH is 1. The van der Waals surface area contributed by atoms with Gasteiger partial charge in [0.15, 0.2) is 5.82 Å². The lowest BCUT2D eigenvalue weighted by molar-refractivity contribution is 0.178. The van der Waals surface area contributed by atoms with E-state index in [0.29, 0.717) is 5.82 Å². The van der Waals surface area contributed by atoms with Crippen molar-refractivity contribution in [2.45, 2.75) is 31.7 Å². The highest BCUT2D eigenvalue weighted by atomic mass is 16.3. The van der Waals surface area contributed by atoms with Crippen LogP contribution >= 0.6 is 0 Å². The highest BCUT2D eigenvalue weighted by molar-refractivity contribution is 5.59. The average Bonchev–Trinajstić information content (AvgIpc) is 2.35. The second kappa shape index (κ2) is 5.18. The SMILES string of the molecule is Nc1c(NC2CCCCC2CO)nc[nH]c1=O. The van der Waals surface area contributed by atoms with Crippen molar-refractivity contribution in [1.29, 1.82) is 0 Å². The molecule has 2 unspecified atom stereocenters. The Morgan fingerprint density at radius 2 is 2.29 bits per heavy atom. The van der Waals surface area contributed by atoms with Crippen LogP contribution in [0.1, 0.15) is 25.7 Å². The second-order valence-corrected chi connectivity index (χ2v) is 4.47. The Kier molecular flexibility index (Phi) is 3.63. The van der Waals surface area contributed by atoms with Crippen molar-refractivity contribution in [3.8, 4) is 0 Å². The lowest BCUT2D eigenvalue weighted by atomic mass is 9.85. The van der Waals surface area contributed by atoms with Crippen molar-refractivity contribution < 1.29 is 5.11 Å². The van der Waals surface area contributed by atoms with Gasteiger partial charge in [0.2, 0.25) is 0 Å². The van der Waals surface area contributed by atoms with Gasteiger partial charge in [0.1, 0.15) is 5.69 Å².